The lowest BCUT2D eigenvalue weighted by Crippen LogP contribution is -2.14. The molecule has 2 aromatic rings. The molecule has 2 N–H and O–H groups in total. The van der Waals surface area contributed by atoms with Gasteiger partial charge in [-0.05, 0) is 18.6 Å². The van der Waals surface area contributed by atoms with E-state index >= 15 is 0 Å². The van der Waals surface area contributed by atoms with E-state index in [0.29, 0.717) is 0 Å². The fourth-order valence-corrected chi connectivity index (χ4v) is 1.47. The number of benzene rings is 1. The van der Waals surface area contributed by atoms with Crippen LogP contribution in [0.1, 0.15) is 23.0 Å². The lowest BCUT2D eigenvalue weighted by atomic mass is 10.2. The number of halogens is 2. The largest absolute Gasteiger partial charge is 0.305 e. The summed E-state index contributed by atoms with van der Waals surface area (Å²) in [6.07, 6.45) is 0.733. The highest BCUT2D eigenvalue weighted by Gasteiger charge is 2.15. The van der Waals surface area contributed by atoms with E-state index in [1.54, 1.807) is 6.07 Å². The summed E-state index contributed by atoms with van der Waals surface area (Å²) in [5.41, 5.74) is 0.487. The fraction of sp³-hybridized carbons (Fsp3) is 0.167. The quantitative estimate of drug-likeness (QED) is 0.880. The second-order valence-electron chi connectivity index (χ2n) is 3.69. The topological polar surface area (TPSA) is 57.8 Å². The first-order chi connectivity index (χ1) is 8.61. The van der Waals surface area contributed by atoms with E-state index in [-0.39, 0.29) is 11.4 Å². The maximum Gasteiger partial charge on any atom is 0.259 e. The Bertz CT molecular complexity index is 580. The van der Waals surface area contributed by atoms with Crippen molar-refractivity contribution in [2.24, 2.45) is 0 Å². The van der Waals surface area contributed by atoms with Crippen molar-refractivity contribution in [2.45, 2.75) is 13.3 Å². The molecule has 18 heavy (non-hydrogen) atoms. The van der Waals surface area contributed by atoms with Gasteiger partial charge in [-0.25, -0.2) is 8.78 Å². The Morgan fingerprint density at radius 1 is 1.44 bits per heavy atom. The number of hydrogen-bond donors (Lipinski definition) is 2. The minimum Gasteiger partial charge on any atom is -0.305 e. The van der Waals surface area contributed by atoms with Gasteiger partial charge in [-0.1, -0.05) is 13.0 Å². The first-order valence-corrected chi connectivity index (χ1v) is 5.41. The molecule has 0 saturated carbocycles. The summed E-state index contributed by atoms with van der Waals surface area (Å²) in [5.74, 6) is -2.68. The first kappa shape index (κ1) is 12.2. The number of amides is 1. The average molecular weight is 251 g/mol. The van der Waals surface area contributed by atoms with Crippen molar-refractivity contribution in [1.82, 2.24) is 10.2 Å². The summed E-state index contributed by atoms with van der Waals surface area (Å²) in [6, 6.07) is 5.07. The smallest absolute Gasteiger partial charge is 0.259 e. The van der Waals surface area contributed by atoms with Gasteiger partial charge in [0.25, 0.3) is 5.91 Å². The van der Waals surface area contributed by atoms with Crippen LogP contribution in [0.15, 0.2) is 24.3 Å². The van der Waals surface area contributed by atoms with E-state index in [9.17, 15) is 13.6 Å². The van der Waals surface area contributed by atoms with E-state index in [4.69, 9.17) is 0 Å². The Hall–Kier alpha value is -2.24. The van der Waals surface area contributed by atoms with Crippen LogP contribution >= 0.6 is 0 Å². The fourth-order valence-electron chi connectivity index (χ4n) is 1.47. The summed E-state index contributed by atoms with van der Waals surface area (Å²) < 4.78 is 26.3. The van der Waals surface area contributed by atoms with Crippen molar-refractivity contribution in [3.8, 4) is 0 Å². The maximum atomic E-state index is 13.4. The molecule has 6 heteroatoms. The van der Waals surface area contributed by atoms with Crippen LogP contribution in [0.25, 0.3) is 0 Å². The lowest BCUT2D eigenvalue weighted by Gasteiger charge is -2.03. The SMILES string of the molecule is CCc1cc(NC(=O)c2cccc(F)c2F)n[nH]1. The van der Waals surface area contributed by atoms with Crippen molar-refractivity contribution in [1.29, 1.82) is 0 Å². The highest BCUT2D eigenvalue weighted by molar-refractivity contribution is 6.03. The maximum absolute atomic E-state index is 13.4. The van der Waals surface area contributed by atoms with Crippen molar-refractivity contribution >= 4 is 11.7 Å². The number of H-pyrrole nitrogens is 1. The predicted molar refractivity (Wildman–Crippen MR) is 62.3 cm³/mol. The molecule has 0 bridgehead atoms. The number of anilines is 1. The molecule has 1 heterocycles. The summed E-state index contributed by atoms with van der Waals surface area (Å²) in [6.45, 7) is 1.92. The second kappa shape index (κ2) is 4.95. The van der Waals surface area contributed by atoms with Crippen molar-refractivity contribution in [3.63, 3.8) is 0 Å². The molecule has 0 spiro atoms. The number of carbonyl (C=O) groups excluding carboxylic acids is 1. The van der Waals surface area contributed by atoms with Crippen LogP contribution in [0.4, 0.5) is 14.6 Å². The molecule has 1 amide bonds. The van der Waals surface area contributed by atoms with Gasteiger partial charge in [0, 0.05) is 11.8 Å². The molecular weight excluding hydrogens is 240 g/mol. The monoisotopic (exact) mass is 251 g/mol. The number of nitrogens with one attached hydrogen (secondary N) is 2. The Kier molecular flexibility index (Phi) is 3.36. The molecule has 1 aromatic heterocycles. The molecular formula is C12H11F2N3O. The molecule has 0 aliphatic rings. The van der Waals surface area contributed by atoms with Gasteiger partial charge in [0.05, 0.1) is 5.56 Å². The number of aromatic nitrogens is 2. The number of rotatable bonds is 3. The van der Waals surface area contributed by atoms with Gasteiger partial charge in [0.2, 0.25) is 0 Å². The molecule has 4 nitrogen and oxygen atoms in total. The Morgan fingerprint density at radius 3 is 2.89 bits per heavy atom. The molecule has 0 saturated heterocycles. The highest BCUT2D eigenvalue weighted by atomic mass is 19.2. The van der Waals surface area contributed by atoms with E-state index in [1.807, 2.05) is 6.92 Å². The van der Waals surface area contributed by atoms with Crippen LogP contribution in [0.5, 0.6) is 0 Å². The number of hydrogen-bond acceptors (Lipinski definition) is 2. The van der Waals surface area contributed by atoms with E-state index in [0.717, 1.165) is 18.2 Å². The van der Waals surface area contributed by atoms with Crippen LogP contribution in [-0.2, 0) is 6.42 Å². The van der Waals surface area contributed by atoms with Gasteiger partial charge in [-0.2, -0.15) is 5.10 Å². The van der Waals surface area contributed by atoms with Crippen LogP contribution < -0.4 is 5.32 Å². The summed E-state index contributed by atoms with van der Waals surface area (Å²) in [7, 11) is 0. The average Bonchev–Trinajstić information content (AvgIpc) is 2.80. The van der Waals surface area contributed by atoms with Crippen molar-refractivity contribution in [2.75, 3.05) is 5.32 Å². The Balaban J connectivity index is 2.19. The zero-order valence-electron chi connectivity index (χ0n) is 9.63. The van der Waals surface area contributed by atoms with Gasteiger partial charge < -0.3 is 5.32 Å². The molecule has 0 unspecified atom stereocenters. The summed E-state index contributed by atoms with van der Waals surface area (Å²) in [5, 5.41) is 8.93. The normalized spacial score (nSPS) is 10.4. The Morgan fingerprint density at radius 2 is 2.22 bits per heavy atom. The van der Waals surface area contributed by atoms with E-state index < -0.39 is 17.5 Å². The molecule has 0 atom stereocenters. The first-order valence-electron chi connectivity index (χ1n) is 5.41. The molecule has 94 valence electrons. The third kappa shape index (κ3) is 2.37. The molecule has 0 aliphatic heterocycles. The third-order valence-electron chi connectivity index (χ3n) is 2.45. The number of carbonyl (C=O) groups is 1. The van der Waals surface area contributed by atoms with Crippen LogP contribution in [0.3, 0.4) is 0 Å². The highest BCUT2D eigenvalue weighted by Crippen LogP contribution is 2.14. The van der Waals surface area contributed by atoms with Gasteiger partial charge >= 0.3 is 0 Å². The van der Waals surface area contributed by atoms with Crippen LogP contribution in [0, 0.1) is 11.6 Å². The molecule has 2 rings (SSSR count). The minimum atomic E-state index is -1.17. The third-order valence-corrected chi connectivity index (χ3v) is 2.45. The van der Waals surface area contributed by atoms with Gasteiger partial charge in [0.15, 0.2) is 17.5 Å². The second-order valence-corrected chi connectivity index (χ2v) is 3.69. The zero-order valence-corrected chi connectivity index (χ0v) is 9.63. The predicted octanol–water partition coefficient (Wildman–Crippen LogP) is 2.50. The molecule has 0 radical (unpaired) electrons. The number of aromatic amines is 1. The Labute approximate surface area is 102 Å². The minimum absolute atomic E-state index is 0.278. The van der Waals surface area contributed by atoms with Gasteiger partial charge in [-0.3, -0.25) is 9.89 Å². The van der Waals surface area contributed by atoms with Gasteiger partial charge in [0.1, 0.15) is 0 Å². The zero-order chi connectivity index (χ0) is 13.1. The van der Waals surface area contributed by atoms with E-state index in [1.165, 1.54) is 12.1 Å². The van der Waals surface area contributed by atoms with Crippen LogP contribution in [0.2, 0.25) is 0 Å². The van der Waals surface area contributed by atoms with Crippen molar-refractivity contribution < 1.29 is 13.6 Å². The standard InChI is InChI=1S/C12H11F2N3O/c1-2-7-6-10(17-16-7)15-12(18)8-4-3-5-9(13)11(8)14/h3-6H,2H2,1H3,(H2,15,16,17,18). The van der Waals surface area contributed by atoms with Crippen molar-refractivity contribution in [3.05, 3.63) is 47.2 Å². The molecule has 0 fully saturated rings. The summed E-state index contributed by atoms with van der Waals surface area (Å²) >= 11 is 0. The van der Waals surface area contributed by atoms with E-state index in [2.05, 4.69) is 15.5 Å². The number of nitrogens with zero attached hydrogens (tertiary/aromatic N) is 1. The molecule has 1 aromatic carbocycles. The van der Waals surface area contributed by atoms with Crippen LogP contribution in [-0.4, -0.2) is 16.1 Å². The lowest BCUT2D eigenvalue weighted by molar-refractivity contribution is 0.102. The number of aryl methyl sites for hydroxylation is 1. The molecule has 0 aliphatic carbocycles. The van der Waals surface area contributed by atoms with Gasteiger partial charge in [-0.15, -0.1) is 0 Å². The summed E-state index contributed by atoms with van der Waals surface area (Å²) in [4.78, 5) is 11.7.